The Morgan fingerprint density at radius 1 is 1.50 bits per heavy atom. The van der Waals surface area contributed by atoms with Crippen molar-refractivity contribution >= 4 is 28.2 Å². The molecule has 0 aliphatic heterocycles. The van der Waals surface area contributed by atoms with E-state index in [1.165, 1.54) is 23.1 Å². The molecule has 16 heavy (non-hydrogen) atoms. The van der Waals surface area contributed by atoms with Crippen molar-refractivity contribution in [1.82, 2.24) is 0 Å². The number of aliphatic hydroxyl groups excluding tert-OH is 2. The van der Waals surface area contributed by atoms with E-state index in [2.05, 4.69) is 0 Å². The molecule has 0 bridgehead atoms. The quantitative estimate of drug-likeness (QED) is 0.850. The van der Waals surface area contributed by atoms with Gasteiger partial charge in [-0.1, -0.05) is 18.7 Å². The standard InChI is InChI=1S/C11H16O3S2/c1-3-8-4-5-10(16-8)11(14)9(13)6-15-7(2)12/h4-5,9,11,13-14H,3,6H2,1-2H3. The predicted molar refractivity (Wildman–Crippen MR) is 67.8 cm³/mol. The van der Waals surface area contributed by atoms with Gasteiger partial charge in [-0.05, 0) is 18.6 Å². The van der Waals surface area contributed by atoms with E-state index in [0.717, 1.165) is 23.1 Å². The van der Waals surface area contributed by atoms with Crippen molar-refractivity contribution in [2.24, 2.45) is 0 Å². The number of thiophene rings is 1. The van der Waals surface area contributed by atoms with Crippen LogP contribution in [0.25, 0.3) is 0 Å². The summed E-state index contributed by atoms with van der Waals surface area (Å²) >= 11 is 2.53. The molecule has 0 amide bonds. The predicted octanol–water partition coefficient (Wildman–Crippen LogP) is 1.98. The molecule has 0 spiro atoms. The van der Waals surface area contributed by atoms with Crippen LogP contribution in [0.4, 0.5) is 0 Å². The van der Waals surface area contributed by atoms with E-state index in [1.54, 1.807) is 0 Å². The minimum absolute atomic E-state index is 0.0494. The third-order valence-electron chi connectivity index (χ3n) is 2.14. The van der Waals surface area contributed by atoms with E-state index in [4.69, 9.17) is 0 Å². The van der Waals surface area contributed by atoms with E-state index < -0.39 is 12.2 Å². The van der Waals surface area contributed by atoms with Gasteiger partial charge in [-0.15, -0.1) is 11.3 Å². The zero-order chi connectivity index (χ0) is 12.1. The molecule has 0 saturated carbocycles. The highest BCUT2D eigenvalue weighted by Crippen LogP contribution is 2.27. The monoisotopic (exact) mass is 260 g/mol. The van der Waals surface area contributed by atoms with Crippen LogP contribution >= 0.6 is 23.1 Å². The van der Waals surface area contributed by atoms with Gasteiger partial charge >= 0.3 is 0 Å². The minimum Gasteiger partial charge on any atom is -0.389 e. The highest BCUT2D eigenvalue weighted by atomic mass is 32.2. The number of hydrogen-bond donors (Lipinski definition) is 2. The molecule has 3 nitrogen and oxygen atoms in total. The molecule has 5 heteroatoms. The summed E-state index contributed by atoms with van der Waals surface area (Å²) in [6, 6.07) is 3.78. The molecule has 0 aliphatic rings. The van der Waals surface area contributed by atoms with Crippen molar-refractivity contribution in [3.05, 3.63) is 21.9 Å². The smallest absolute Gasteiger partial charge is 0.185 e. The zero-order valence-electron chi connectivity index (χ0n) is 9.34. The summed E-state index contributed by atoms with van der Waals surface area (Å²) in [7, 11) is 0. The summed E-state index contributed by atoms with van der Waals surface area (Å²) in [6.07, 6.45) is -0.857. The fourth-order valence-electron chi connectivity index (χ4n) is 1.23. The average molecular weight is 260 g/mol. The van der Waals surface area contributed by atoms with Gasteiger partial charge in [0.05, 0.1) is 6.10 Å². The van der Waals surface area contributed by atoms with Gasteiger partial charge < -0.3 is 10.2 Å². The summed E-state index contributed by atoms with van der Waals surface area (Å²) < 4.78 is 0. The molecule has 2 N–H and O–H groups in total. The summed E-state index contributed by atoms with van der Waals surface area (Å²) in [4.78, 5) is 12.7. The molecule has 1 aromatic heterocycles. The molecule has 1 heterocycles. The minimum atomic E-state index is -0.892. The van der Waals surface area contributed by atoms with E-state index in [-0.39, 0.29) is 10.9 Å². The van der Waals surface area contributed by atoms with Crippen molar-refractivity contribution in [2.75, 3.05) is 5.75 Å². The lowest BCUT2D eigenvalue weighted by Gasteiger charge is -2.15. The Hall–Kier alpha value is -0.360. The lowest BCUT2D eigenvalue weighted by atomic mass is 10.2. The van der Waals surface area contributed by atoms with Crippen LogP contribution in [0.15, 0.2) is 12.1 Å². The molecule has 1 aromatic rings. The maximum atomic E-state index is 10.7. The molecule has 0 aromatic carbocycles. The van der Waals surface area contributed by atoms with Gasteiger partial charge in [0.25, 0.3) is 0 Å². The number of thioether (sulfide) groups is 1. The molecule has 0 saturated heterocycles. The van der Waals surface area contributed by atoms with Gasteiger partial charge in [0.15, 0.2) is 5.12 Å². The number of carbonyl (C=O) groups is 1. The lowest BCUT2D eigenvalue weighted by Crippen LogP contribution is -2.20. The van der Waals surface area contributed by atoms with Gasteiger partial charge in [-0.2, -0.15) is 0 Å². The number of aliphatic hydroxyl groups is 2. The van der Waals surface area contributed by atoms with Crippen LogP contribution in [0.1, 0.15) is 29.7 Å². The summed E-state index contributed by atoms with van der Waals surface area (Å²) in [6.45, 7) is 3.49. The van der Waals surface area contributed by atoms with Gasteiger partial charge in [0, 0.05) is 22.4 Å². The highest BCUT2D eigenvalue weighted by Gasteiger charge is 2.20. The number of hydrogen-bond acceptors (Lipinski definition) is 5. The van der Waals surface area contributed by atoms with Crippen molar-refractivity contribution in [3.63, 3.8) is 0 Å². The third kappa shape index (κ3) is 3.90. The van der Waals surface area contributed by atoms with Crippen molar-refractivity contribution < 1.29 is 15.0 Å². The summed E-state index contributed by atoms with van der Waals surface area (Å²) in [5.74, 6) is 0.232. The topological polar surface area (TPSA) is 57.5 Å². The van der Waals surface area contributed by atoms with E-state index in [0.29, 0.717) is 0 Å². The second kappa shape index (κ2) is 6.39. The number of rotatable bonds is 5. The zero-order valence-corrected chi connectivity index (χ0v) is 11.0. The molecular weight excluding hydrogens is 244 g/mol. The Morgan fingerprint density at radius 2 is 2.19 bits per heavy atom. The molecule has 2 unspecified atom stereocenters. The van der Waals surface area contributed by atoms with E-state index in [9.17, 15) is 15.0 Å². The first-order valence-corrected chi connectivity index (χ1v) is 6.93. The lowest BCUT2D eigenvalue weighted by molar-refractivity contribution is -0.109. The van der Waals surface area contributed by atoms with Crippen LogP contribution in [-0.4, -0.2) is 27.2 Å². The Bertz CT molecular complexity index is 349. The second-order valence-corrected chi connectivity index (χ2v) is 5.87. The Labute approximate surface area is 103 Å². The summed E-state index contributed by atoms with van der Waals surface area (Å²) in [5, 5.41) is 19.5. The van der Waals surface area contributed by atoms with Gasteiger partial charge in [0.2, 0.25) is 0 Å². The highest BCUT2D eigenvalue weighted by molar-refractivity contribution is 8.13. The number of carbonyl (C=O) groups excluding carboxylic acids is 1. The summed E-state index contributed by atoms with van der Waals surface area (Å²) in [5.41, 5.74) is 0. The van der Waals surface area contributed by atoms with E-state index in [1.807, 2.05) is 19.1 Å². The van der Waals surface area contributed by atoms with Gasteiger partial charge in [-0.3, -0.25) is 4.79 Å². The Morgan fingerprint density at radius 3 is 2.69 bits per heavy atom. The molecule has 0 fully saturated rings. The van der Waals surface area contributed by atoms with Crippen LogP contribution in [-0.2, 0) is 11.2 Å². The number of aryl methyl sites for hydroxylation is 1. The third-order valence-corrected chi connectivity index (χ3v) is 4.36. The first-order valence-electron chi connectivity index (χ1n) is 5.12. The maximum absolute atomic E-state index is 10.7. The van der Waals surface area contributed by atoms with Crippen LogP contribution in [0, 0.1) is 0 Å². The molecule has 1 rings (SSSR count). The van der Waals surface area contributed by atoms with E-state index >= 15 is 0 Å². The largest absolute Gasteiger partial charge is 0.389 e. The fraction of sp³-hybridized carbons (Fsp3) is 0.545. The first kappa shape index (κ1) is 13.7. The second-order valence-electron chi connectivity index (χ2n) is 3.47. The van der Waals surface area contributed by atoms with Crippen LogP contribution in [0.3, 0.4) is 0 Å². The van der Waals surface area contributed by atoms with Crippen molar-refractivity contribution in [1.29, 1.82) is 0 Å². The molecule has 90 valence electrons. The molecule has 0 aliphatic carbocycles. The Kier molecular flexibility index (Phi) is 5.48. The van der Waals surface area contributed by atoms with Gasteiger partial charge in [0.1, 0.15) is 6.10 Å². The maximum Gasteiger partial charge on any atom is 0.185 e. The first-order chi connectivity index (χ1) is 7.54. The van der Waals surface area contributed by atoms with Crippen LogP contribution < -0.4 is 0 Å². The van der Waals surface area contributed by atoms with Gasteiger partial charge in [-0.25, -0.2) is 0 Å². The normalized spacial score (nSPS) is 14.8. The van der Waals surface area contributed by atoms with Crippen LogP contribution in [0.5, 0.6) is 0 Å². The average Bonchev–Trinajstić information content (AvgIpc) is 2.73. The Balaban J connectivity index is 2.55. The molecule has 0 radical (unpaired) electrons. The van der Waals surface area contributed by atoms with Crippen molar-refractivity contribution in [2.45, 2.75) is 32.5 Å². The van der Waals surface area contributed by atoms with Crippen molar-refractivity contribution in [3.8, 4) is 0 Å². The fourth-order valence-corrected chi connectivity index (χ4v) is 2.81. The van der Waals surface area contributed by atoms with Crippen LogP contribution in [0.2, 0.25) is 0 Å². The molecular formula is C11H16O3S2. The SMILES string of the molecule is CCc1ccc(C(O)C(O)CSC(C)=O)s1. The molecule has 2 atom stereocenters.